The minimum absolute atomic E-state index is 0.248. The van der Waals surface area contributed by atoms with Gasteiger partial charge < -0.3 is 10.1 Å². The Balaban J connectivity index is 1.57. The Morgan fingerprint density at radius 1 is 1.35 bits per heavy atom. The number of benzene rings is 1. The van der Waals surface area contributed by atoms with Gasteiger partial charge in [0.25, 0.3) is 11.5 Å². The van der Waals surface area contributed by atoms with Crippen LogP contribution >= 0.6 is 11.3 Å². The molecule has 26 heavy (non-hydrogen) atoms. The molecular formula is C18H18N4O3S. The van der Waals surface area contributed by atoms with Gasteiger partial charge in [-0.2, -0.15) is 5.10 Å². The zero-order chi connectivity index (χ0) is 18.3. The second-order valence-corrected chi connectivity index (χ2v) is 7.30. The number of amides is 1. The summed E-state index contributed by atoms with van der Waals surface area (Å²) in [4.78, 5) is 29.3. The lowest BCUT2D eigenvalue weighted by atomic mass is 10.2. The lowest BCUT2D eigenvalue weighted by molar-refractivity contribution is -0.119. The third-order valence-corrected chi connectivity index (χ3v) is 5.51. The Hall–Kier alpha value is -2.74. The number of fused-ring (bicyclic) bond motifs is 2. The average molecular weight is 370 g/mol. The number of hydrogen-bond donors (Lipinski definition) is 1. The van der Waals surface area contributed by atoms with Gasteiger partial charge in [0, 0.05) is 12.1 Å². The van der Waals surface area contributed by atoms with Crippen molar-refractivity contribution < 1.29 is 9.53 Å². The summed E-state index contributed by atoms with van der Waals surface area (Å²) in [5.74, 6) is 0.395. The van der Waals surface area contributed by atoms with E-state index in [4.69, 9.17) is 4.74 Å². The van der Waals surface area contributed by atoms with Crippen LogP contribution in [-0.4, -0.2) is 27.8 Å². The number of nitrogens with zero attached hydrogens (tertiary/aromatic N) is 3. The Kier molecular flexibility index (Phi) is 4.20. The largest absolute Gasteiger partial charge is 0.497 e. The molecule has 0 aliphatic heterocycles. The fraction of sp³-hybridized carbons (Fsp3) is 0.333. The smallest absolute Gasteiger partial charge is 0.267 e. The predicted molar refractivity (Wildman–Crippen MR) is 100 cm³/mol. The molecule has 1 atom stereocenters. The molecule has 3 aromatic rings. The average Bonchev–Trinajstić information content (AvgIpc) is 3.24. The first-order valence-electron chi connectivity index (χ1n) is 8.42. The molecule has 0 fully saturated rings. The first kappa shape index (κ1) is 16.7. The van der Waals surface area contributed by atoms with E-state index in [-0.39, 0.29) is 11.5 Å². The number of aromatic nitrogens is 3. The molecule has 1 unspecified atom stereocenters. The first-order chi connectivity index (χ1) is 12.5. The zero-order valence-electron chi connectivity index (χ0n) is 14.5. The van der Waals surface area contributed by atoms with Crippen LogP contribution in [0.3, 0.4) is 0 Å². The van der Waals surface area contributed by atoms with Crippen molar-refractivity contribution in [1.29, 1.82) is 0 Å². The molecule has 2 heterocycles. The Bertz CT molecular complexity index is 1060. The van der Waals surface area contributed by atoms with Crippen molar-refractivity contribution >= 4 is 32.6 Å². The molecule has 0 saturated heterocycles. The molecule has 7 nitrogen and oxygen atoms in total. The van der Waals surface area contributed by atoms with Gasteiger partial charge in [0.2, 0.25) is 0 Å². The summed E-state index contributed by atoms with van der Waals surface area (Å²) in [5.41, 5.74) is 2.42. The lowest BCUT2D eigenvalue weighted by Gasteiger charge is -2.14. The predicted octanol–water partition coefficient (Wildman–Crippen LogP) is 2.55. The highest BCUT2D eigenvalue weighted by Crippen LogP contribution is 2.29. The summed E-state index contributed by atoms with van der Waals surface area (Å²) >= 11 is 1.38. The van der Waals surface area contributed by atoms with Crippen molar-refractivity contribution in [2.75, 3.05) is 12.4 Å². The van der Waals surface area contributed by atoms with E-state index in [1.54, 1.807) is 20.1 Å². The van der Waals surface area contributed by atoms with E-state index in [2.05, 4.69) is 15.4 Å². The maximum absolute atomic E-state index is 12.6. The quantitative estimate of drug-likeness (QED) is 0.763. The van der Waals surface area contributed by atoms with Gasteiger partial charge in [-0.15, -0.1) is 0 Å². The highest BCUT2D eigenvalue weighted by atomic mass is 32.1. The number of rotatable bonds is 4. The molecule has 1 N–H and O–H groups in total. The second kappa shape index (κ2) is 6.53. The molecule has 4 rings (SSSR count). The monoisotopic (exact) mass is 370 g/mol. The highest BCUT2D eigenvalue weighted by molar-refractivity contribution is 7.22. The van der Waals surface area contributed by atoms with Gasteiger partial charge in [-0.05, 0) is 43.9 Å². The number of methoxy groups -OCH3 is 1. The van der Waals surface area contributed by atoms with E-state index in [0.29, 0.717) is 10.9 Å². The Morgan fingerprint density at radius 2 is 2.19 bits per heavy atom. The standard InChI is InChI=1S/C18H18N4O3S/c1-10(22-16(23)8-11-4-3-5-13(11)21-22)17(24)20-18-19-14-9-12(25-2)6-7-15(14)26-18/h6-10H,3-5H2,1-2H3,(H,19,20,24). The number of nitrogens with one attached hydrogen (secondary N) is 1. The molecule has 1 aliphatic carbocycles. The summed E-state index contributed by atoms with van der Waals surface area (Å²) < 4.78 is 7.40. The molecule has 0 bridgehead atoms. The molecular weight excluding hydrogens is 352 g/mol. The van der Waals surface area contributed by atoms with Crippen molar-refractivity contribution in [2.45, 2.75) is 32.2 Å². The van der Waals surface area contributed by atoms with Crippen LogP contribution in [0.5, 0.6) is 5.75 Å². The normalized spacial score (nSPS) is 14.2. The van der Waals surface area contributed by atoms with Crippen LogP contribution in [0.25, 0.3) is 10.2 Å². The summed E-state index contributed by atoms with van der Waals surface area (Å²) in [6, 6.07) is 6.45. The van der Waals surface area contributed by atoms with Crippen LogP contribution < -0.4 is 15.6 Å². The molecule has 8 heteroatoms. The lowest BCUT2D eigenvalue weighted by Crippen LogP contribution is -2.33. The van der Waals surface area contributed by atoms with E-state index in [1.165, 1.54) is 16.0 Å². The molecule has 0 saturated carbocycles. The van der Waals surface area contributed by atoms with E-state index in [9.17, 15) is 9.59 Å². The van der Waals surface area contributed by atoms with Crippen molar-refractivity contribution in [3.8, 4) is 5.75 Å². The van der Waals surface area contributed by atoms with Crippen LogP contribution in [0.2, 0.25) is 0 Å². The van der Waals surface area contributed by atoms with Crippen LogP contribution in [0.1, 0.15) is 30.6 Å². The van der Waals surface area contributed by atoms with Crippen molar-refractivity contribution in [3.63, 3.8) is 0 Å². The minimum Gasteiger partial charge on any atom is -0.497 e. The van der Waals surface area contributed by atoms with Gasteiger partial charge in [-0.1, -0.05) is 11.3 Å². The Morgan fingerprint density at radius 3 is 3.00 bits per heavy atom. The fourth-order valence-electron chi connectivity index (χ4n) is 3.10. The molecule has 1 amide bonds. The van der Waals surface area contributed by atoms with E-state index in [1.807, 2.05) is 18.2 Å². The molecule has 134 valence electrons. The van der Waals surface area contributed by atoms with Crippen molar-refractivity contribution in [3.05, 3.63) is 45.9 Å². The van der Waals surface area contributed by atoms with Gasteiger partial charge in [-0.3, -0.25) is 9.59 Å². The number of carbonyl (C=O) groups excluding carboxylic acids is 1. The minimum atomic E-state index is -0.713. The van der Waals surface area contributed by atoms with Gasteiger partial charge >= 0.3 is 0 Å². The number of aryl methyl sites for hydroxylation is 2. The third kappa shape index (κ3) is 2.96. The van der Waals surface area contributed by atoms with Gasteiger partial charge in [0.15, 0.2) is 5.13 Å². The van der Waals surface area contributed by atoms with E-state index < -0.39 is 6.04 Å². The van der Waals surface area contributed by atoms with Crippen LogP contribution in [0.15, 0.2) is 29.1 Å². The summed E-state index contributed by atoms with van der Waals surface area (Å²) in [6.45, 7) is 1.67. The fourth-order valence-corrected chi connectivity index (χ4v) is 3.95. The maximum atomic E-state index is 12.6. The zero-order valence-corrected chi connectivity index (χ0v) is 15.3. The summed E-state index contributed by atoms with van der Waals surface area (Å²) in [7, 11) is 1.60. The van der Waals surface area contributed by atoms with E-state index >= 15 is 0 Å². The van der Waals surface area contributed by atoms with Crippen molar-refractivity contribution in [1.82, 2.24) is 14.8 Å². The molecule has 0 spiro atoms. The van der Waals surface area contributed by atoms with Crippen LogP contribution in [0, 0.1) is 0 Å². The number of thiazole rings is 1. The molecule has 1 aliphatic rings. The summed E-state index contributed by atoms with van der Waals surface area (Å²) in [6.07, 6.45) is 2.74. The maximum Gasteiger partial charge on any atom is 0.267 e. The number of carbonyl (C=O) groups is 1. The Labute approximate surface area is 153 Å². The van der Waals surface area contributed by atoms with Crippen LogP contribution in [0.4, 0.5) is 5.13 Å². The van der Waals surface area contributed by atoms with Crippen molar-refractivity contribution in [2.24, 2.45) is 0 Å². The molecule has 1 aromatic carbocycles. The van der Waals surface area contributed by atoms with Gasteiger partial charge in [0.1, 0.15) is 11.8 Å². The van der Waals surface area contributed by atoms with Gasteiger partial charge in [0.05, 0.1) is 23.0 Å². The van der Waals surface area contributed by atoms with Gasteiger partial charge in [-0.25, -0.2) is 9.67 Å². The first-order valence-corrected chi connectivity index (χ1v) is 9.24. The molecule has 0 radical (unpaired) electrons. The number of ether oxygens (including phenoxy) is 1. The van der Waals surface area contributed by atoms with E-state index in [0.717, 1.165) is 40.7 Å². The number of hydrogen-bond acceptors (Lipinski definition) is 6. The summed E-state index contributed by atoms with van der Waals surface area (Å²) in [5, 5.41) is 7.67. The SMILES string of the molecule is COc1ccc2sc(NC(=O)C(C)n3nc4c(cc3=O)CCC4)nc2c1. The third-order valence-electron chi connectivity index (χ3n) is 4.55. The second-order valence-electron chi connectivity index (χ2n) is 6.27. The van der Waals surface area contributed by atoms with Crippen LogP contribution in [-0.2, 0) is 17.6 Å². The number of anilines is 1. The topological polar surface area (TPSA) is 86.1 Å². The highest BCUT2D eigenvalue weighted by Gasteiger charge is 2.22. The molecule has 2 aromatic heterocycles.